The van der Waals surface area contributed by atoms with Crippen LogP contribution in [-0.4, -0.2) is 10.2 Å². The van der Waals surface area contributed by atoms with Gasteiger partial charge in [0, 0.05) is 44.8 Å². The molecule has 198 valence electrons. The van der Waals surface area contributed by atoms with E-state index in [2.05, 4.69) is 97.1 Å². The monoisotopic (exact) mass is 888 g/mol. The quantitative estimate of drug-likeness (QED) is 0.127. The molecule has 2 radical (unpaired) electrons. The van der Waals surface area contributed by atoms with E-state index in [1.165, 1.54) is 38.4 Å². The standard InChI is InChI=1S/2C12H10P.2Au.2NO3/c2*1-3-7-11(8-4-1)13-12-9-5-2-6-10-12;;;2*2-1(3)4/h2*1-10H;;;;/q2*-1;;;2*-1. The number of benzene rings is 4. The van der Waals surface area contributed by atoms with Crippen molar-refractivity contribution in [1.29, 1.82) is 0 Å². The Hall–Kier alpha value is -2.38. The Labute approximate surface area is 244 Å². The predicted octanol–water partition coefficient (Wildman–Crippen LogP) is 4.68. The van der Waals surface area contributed by atoms with E-state index in [-0.39, 0.29) is 44.8 Å². The van der Waals surface area contributed by atoms with Crippen LogP contribution in [0.1, 0.15) is 0 Å². The maximum absolute atomic E-state index is 8.25. The molecule has 0 bridgehead atoms. The molecule has 4 rings (SSSR count). The molecule has 0 fully saturated rings. The average Bonchev–Trinajstić information content (AvgIpc) is 2.82. The summed E-state index contributed by atoms with van der Waals surface area (Å²) in [5, 5.41) is 34.9. The van der Waals surface area contributed by atoms with Gasteiger partial charge in [0.1, 0.15) is 0 Å². The number of hydrogen-bond donors (Lipinski definition) is 0. The smallest absolute Gasteiger partial charge is 0.0689 e. The summed E-state index contributed by atoms with van der Waals surface area (Å²) in [7, 11) is 2.56. The van der Waals surface area contributed by atoms with Gasteiger partial charge in [-0.3, -0.25) is 0 Å². The van der Waals surface area contributed by atoms with Crippen molar-refractivity contribution < 1.29 is 54.9 Å². The van der Waals surface area contributed by atoms with Crippen LogP contribution in [-0.2, 0) is 44.8 Å². The third-order valence-corrected chi connectivity index (χ3v) is 5.77. The van der Waals surface area contributed by atoms with Gasteiger partial charge in [-0.1, -0.05) is 121 Å². The van der Waals surface area contributed by atoms with Gasteiger partial charge in [-0.25, -0.2) is 21.2 Å². The molecule has 0 aromatic heterocycles. The SMILES string of the molecule is O=[N+]([O-])[O-].O=[N+]([O-])[O-].[Au].[Au].c1ccc([P-]c2ccccc2)cc1.c1ccc([P-]c2ccccc2)cc1. The van der Waals surface area contributed by atoms with E-state index in [0.29, 0.717) is 0 Å². The first kappa shape index (κ1) is 35.8. The number of nitrogens with zero attached hydrogens (tertiary/aromatic N) is 2. The zero-order chi connectivity index (χ0) is 25.0. The molecule has 0 aliphatic carbocycles. The molecular formula is C24H20Au2N2O6P2-4. The van der Waals surface area contributed by atoms with E-state index in [0.717, 1.165) is 0 Å². The van der Waals surface area contributed by atoms with Crippen LogP contribution in [0, 0.1) is 30.6 Å². The largest absolute Gasteiger partial charge is 0.472 e. The Balaban J connectivity index is 0. The average molecular weight is 888 g/mol. The summed E-state index contributed by atoms with van der Waals surface area (Å²) in [6, 6.07) is 42.0. The molecule has 4 aromatic carbocycles. The van der Waals surface area contributed by atoms with Gasteiger partial charge in [-0.15, -0.1) is 0 Å². The Morgan fingerprint density at radius 3 is 0.667 bits per heavy atom. The van der Waals surface area contributed by atoms with Gasteiger partial charge in [-0.05, 0) is 0 Å². The van der Waals surface area contributed by atoms with Crippen molar-refractivity contribution in [3.05, 3.63) is 152 Å². The number of rotatable bonds is 4. The van der Waals surface area contributed by atoms with Gasteiger partial charge >= 0.3 is 0 Å². The first-order valence-corrected chi connectivity index (χ1v) is 11.4. The maximum atomic E-state index is 8.25. The van der Waals surface area contributed by atoms with Gasteiger partial charge in [0.2, 0.25) is 0 Å². The van der Waals surface area contributed by atoms with Crippen LogP contribution in [0.15, 0.2) is 121 Å². The Morgan fingerprint density at radius 1 is 0.389 bits per heavy atom. The Bertz CT molecular complexity index is 913. The van der Waals surface area contributed by atoms with E-state index in [1.807, 2.05) is 24.3 Å². The molecule has 0 spiro atoms. The minimum atomic E-state index is -1.75. The van der Waals surface area contributed by atoms with Gasteiger partial charge in [0.25, 0.3) is 0 Å². The summed E-state index contributed by atoms with van der Waals surface area (Å²) < 4.78 is 0. The van der Waals surface area contributed by atoms with Crippen LogP contribution in [0.2, 0.25) is 0 Å². The van der Waals surface area contributed by atoms with Crippen LogP contribution < -0.4 is 21.2 Å². The summed E-state index contributed by atoms with van der Waals surface area (Å²) in [5.74, 6) is 0. The van der Waals surface area contributed by atoms with Gasteiger partial charge < -0.3 is 47.8 Å². The van der Waals surface area contributed by atoms with Gasteiger partial charge in [0.15, 0.2) is 0 Å². The Morgan fingerprint density at radius 2 is 0.528 bits per heavy atom. The maximum Gasteiger partial charge on any atom is 0.0689 e. The molecule has 4 aromatic rings. The summed E-state index contributed by atoms with van der Waals surface area (Å²) >= 11 is 0. The molecule has 0 unspecified atom stereocenters. The van der Waals surface area contributed by atoms with Crippen molar-refractivity contribution in [2.24, 2.45) is 0 Å². The van der Waals surface area contributed by atoms with Crippen LogP contribution in [0.25, 0.3) is 0 Å². The molecule has 0 amide bonds. The molecule has 0 saturated carbocycles. The molecule has 0 saturated heterocycles. The topological polar surface area (TPSA) is 132 Å². The second kappa shape index (κ2) is 23.0. The van der Waals surface area contributed by atoms with Crippen LogP contribution in [0.3, 0.4) is 0 Å². The molecule has 8 nitrogen and oxygen atoms in total. The van der Waals surface area contributed by atoms with Crippen molar-refractivity contribution in [1.82, 2.24) is 0 Å². The summed E-state index contributed by atoms with van der Waals surface area (Å²) in [4.78, 5) is 16.5. The second-order valence-corrected chi connectivity index (χ2v) is 8.53. The van der Waals surface area contributed by atoms with Crippen LogP contribution in [0.4, 0.5) is 0 Å². The summed E-state index contributed by atoms with van der Waals surface area (Å²) in [6.07, 6.45) is 0. The van der Waals surface area contributed by atoms with Crippen molar-refractivity contribution >= 4 is 38.4 Å². The van der Waals surface area contributed by atoms with Gasteiger partial charge in [0.05, 0.1) is 10.2 Å². The molecule has 0 aliphatic rings. The molecule has 12 heteroatoms. The van der Waals surface area contributed by atoms with E-state index < -0.39 is 10.2 Å². The first-order chi connectivity index (χ1) is 16.4. The zero-order valence-corrected chi connectivity index (χ0v) is 24.5. The third kappa shape index (κ3) is 20.9. The fraction of sp³-hybridized carbons (Fsp3) is 0. The van der Waals surface area contributed by atoms with E-state index in [4.69, 9.17) is 30.6 Å². The van der Waals surface area contributed by atoms with E-state index in [1.54, 1.807) is 0 Å². The van der Waals surface area contributed by atoms with Crippen LogP contribution >= 0.6 is 17.2 Å². The van der Waals surface area contributed by atoms with Crippen molar-refractivity contribution in [2.45, 2.75) is 0 Å². The fourth-order valence-corrected chi connectivity index (χ4v) is 4.19. The normalized spacial score (nSPS) is 8.44. The number of hydrogen-bond acceptors (Lipinski definition) is 6. The minimum Gasteiger partial charge on any atom is -0.472 e. The van der Waals surface area contributed by atoms with E-state index in [9.17, 15) is 0 Å². The minimum absolute atomic E-state index is 0. The molecule has 36 heavy (non-hydrogen) atoms. The predicted molar refractivity (Wildman–Crippen MR) is 139 cm³/mol. The van der Waals surface area contributed by atoms with Crippen molar-refractivity contribution in [2.75, 3.05) is 0 Å². The zero-order valence-electron chi connectivity index (χ0n) is 18.4. The first-order valence-electron chi connectivity index (χ1n) is 9.63. The fourth-order valence-electron chi connectivity index (χ4n) is 2.31. The van der Waals surface area contributed by atoms with Gasteiger partial charge in [-0.2, -0.15) is 0 Å². The summed E-state index contributed by atoms with van der Waals surface area (Å²) in [6.45, 7) is 0. The van der Waals surface area contributed by atoms with Crippen molar-refractivity contribution in [3.8, 4) is 0 Å². The van der Waals surface area contributed by atoms with E-state index >= 15 is 0 Å². The Kier molecular flexibility index (Phi) is 22.9. The van der Waals surface area contributed by atoms with Crippen molar-refractivity contribution in [3.63, 3.8) is 0 Å². The molecule has 0 aliphatic heterocycles. The third-order valence-electron chi connectivity index (χ3n) is 3.54. The molecule has 0 heterocycles. The summed E-state index contributed by atoms with van der Waals surface area (Å²) in [5.41, 5.74) is 0. The van der Waals surface area contributed by atoms with Crippen LogP contribution in [0.5, 0.6) is 0 Å². The molecular weight excluding hydrogens is 868 g/mol. The molecule has 0 N–H and O–H groups in total. The molecule has 0 atom stereocenters. The second-order valence-electron chi connectivity index (χ2n) is 6.01.